The standard InChI is InChI=1S/C16H26N4S/c1-6-11-10-12-13(20-16(7-2,8-3)9-4)18-15(17-5)19-14(12)21-11/h10H,6-9H2,1-5H3,(H2,17,18,19,20). The minimum Gasteiger partial charge on any atom is -0.364 e. The van der Waals surface area contributed by atoms with Crippen LogP contribution in [0.25, 0.3) is 10.2 Å². The monoisotopic (exact) mass is 306 g/mol. The highest BCUT2D eigenvalue weighted by Crippen LogP contribution is 2.33. The number of rotatable bonds is 7. The van der Waals surface area contributed by atoms with Gasteiger partial charge >= 0.3 is 0 Å². The van der Waals surface area contributed by atoms with Gasteiger partial charge in [0.05, 0.1) is 5.39 Å². The van der Waals surface area contributed by atoms with Gasteiger partial charge in [-0.05, 0) is 31.7 Å². The fourth-order valence-electron chi connectivity index (χ4n) is 2.62. The van der Waals surface area contributed by atoms with E-state index in [0.717, 1.165) is 41.7 Å². The molecule has 0 radical (unpaired) electrons. The zero-order chi connectivity index (χ0) is 15.5. The summed E-state index contributed by atoms with van der Waals surface area (Å²) in [5, 5.41) is 7.93. The Morgan fingerprint density at radius 3 is 2.29 bits per heavy atom. The van der Waals surface area contributed by atoms with E-state index in [1.54, 1.807) is 11.3 Å². The van der Waals surface area contributed by atoms with Crippen LogP contribution in [0.3, 0.4) is 0 Å². The third kappa shape index (κ3) is 3.12. The lowest BCUT2D eigenvalue weighted by molar-refractivity contribution is 0.419. The molecule has 0 spiro atoms. The second-order valence-electron chi connectivity index (χ2n) is 5.40. The number of anilines is 2. The van der Waals surface area contributed by atoms with Gasteiger partial charge in [0.25, 0.3) is 0 Å². The summed E-state index contributed by atoms with van der Waals surface area (Å²) in [6.07, 6.45) is 4.30. The lowest BCUT2D eigenvalue weighted by Gasteiger charge is -2.32. The molecule has 2 aromatic heterocycles. The molecule has 0 bridgehead atoms. The Kier molecular flexibility index (Phi) is 5.04. The van der Waals surface area contributed by atoms with Gasteiger partial charge in [-0.15, -0.1) is 11.3 Å². The second kappa shape index (κ2) is 6.60. The molecule has 0 aromatic carbocycles. The maximum Gasteiger partial charge on any atom is 0.225 e. The lowest BCUT2D eigenvalue weighted by atomic mass is 9.90. The fourth-order valence-corrected chi connectivity index (χ4v) is 3.59. The molecular weight excluding hydrogens is 280 g/mol. The van der Waals surface area contributed by atoms with Crippen molar-refractivity contribution >= 4 is 33.3 Å². The van der Waals surface area contributed by atoms with Crippen molar-refractivity contribution in [2.24, 2.45) is 0 Å². The van der Waals surface area contributed by atoms with Crippen LogP contribution in [0.5, 0.6) is 0 Å². The van der Waals surface area contributed by atoms with E-state index < -0.39 is 0 Å². The summed E-state index contributed by atoms with van der Waals surface area (Å²) in [6.45, 7) is 8.89. The van der Waals surface area contributed by atoms with E-state index in [0.29, 0.717) is 5.95 Å². The molecule has 0 aliphatic rings. The molecule has 0 unspecified atom stereocenters. The zero-order valence-electron chi connectivity index (χ0n) is 13.7. The van der Waals surface area contributed by atoms with Crippen LogP contribution in [0, 0.1) is 0 Å². The van der Waals surface area contributed by atoms with Crippen LogP contribution in [0.4, 0.5) is 11.8 Å². The van der Waals surface area contributed by atoms with Crippen LogP contribution < -0.4 is 10.6 Å². The number of hydrogen-bond acceptors (Lipinski definition) is 5. The molecule has 0 saturated carbocycles. The van der Waals surface area contributed by atoms with Crippen molar-refractivity contribution in [3.05, 3.63) is 10.9 Å². The molecule has 4 nitrogen and oxygen atoms in total. The van der Waals surface area contributed by atoms with E-state index >= 15 is 0 Å². The predicted octanol–water partition coefficient (Wildman–Crippen LogP) is 4.68. The van der Waals surface area contributed by atoms with Crippen molar-refractivity contribution < 1.29 is 0 Å². The van der Waals surface area contributed by atoms with Crippen LogP contribution in [-0.2, 0) is 6.42 Å². The SMILES string of the molecule is CCc1cc2c(NC(CC)(CC)CC)nc(NC)nc2s1. The number of aromatic nitrogens is 2. The van der Waals surface area contributed by atoms with Crippen molar-refractivity contribution in [3.63, 3.8) is 0 Å². The largest absolute Gasteiger partial charge is 0.364 e. The first-order valence-electron chi connectivity index (χ1n) is 7.87. The third-order valence-corrected chi connectivity index (χ3v) is 5.60. The van der Waals surface area contributed by atoms with E-state index in [1.165, 1.54) is 4.88 Å². The molecule has 116 valence electrons. The van der Waals surface area contributed by atoms with Gasteiger partial charge in [0.2, 0.25) is 5.95 Å². The average Bonchev–Trinajstić information content (AvgIpc) is 2.95. The molecule has 0 aliphatic heterocycles. The Morgan fingerprint density at radius 1 is 1.10 bits per heavy atom. The average molecular weight is 306 g/mol. The van der Waals surface area contributed by atoms with Crippen molar-refractivity contribution in [2.45, 2.75) is 58.9 Å². The number of thiophene rings is 1. The van der Waals surface area contributed by atoms with E-state index in [4.69, 9.17) is 0 Å². The minimum absolute atomic E-state index is 0.112. The first-order valence-corrected chi connectivity index (χ1v) is 8.69. The van der Waals surface area contributed by atoms with Gasteiger partial charge in [-0.25, -0.2) is 4.98 Å². The van der Waals surface area contributed by atoms with Crippen molar-refractivity contribution in [1.29, 1.82) is 0 Å². The topological polar surface area (TPSA) is 49.8 Å². The van der Waals surface area contributed by atoms with Crippen LogP contribution in [0.15, 0.2) is 6.07 Å². The van der Waals surface area contributed by atoms with Crippen molar-refractivity contribution in [3.8, 4) is 0 Å². The number of fused-ring (bicyclic) bond motifs is 1. The number of nitrogens with zero attached hydrogens (tertiary/aromatic N) is 2. The van der Waals surface area contributed by atoms with Crippen LogP contribution >= 0.6 is 11.3 Å². The second-order valence-corrected chi connectivity index (χ2v) is 6.51. The highest BCUT2D eigenvalue weighted by atomic mass is 32.1. The van der Waals surface area contributed by atoms with Crippen LogP contribution in [0.1, 0.15) is 51.8 Å². The Balaban J connectivity index is 2.52. The van der Waals surface area contributed by atoms with E-state index in [1.807, 2.05) is 7.05 Å². The number of nitrogens with one attached hydrogen (secondary N) is 2. The maximum atomic E-state index is 4.67. The summed E-state index contributed by atoms with van der Waals surface area (Å²) in [5.74, 6) is 1.65. The highest BCUT2D eigenvalue weighted by Gasteiger charge is 2.25. The molecule has 5 heteroatoms. The van der Waals surface area contributed by atoms with E-state index in [9.17, 15) is 0 Å². The van der Waals surface area contributed by atoms with Gasteiger partial charge in [0, 0.05) is 17.5 Å². The molecule has 21 heavy (non-hydrogen) atoms. The van der Waals surface area contributed by atoms with Crippen molar-refractivity contribution in [2.75, 3.05) is 17.7 Å². The molecule has 2 heterocycles. The van der Waals surface area contributed by atoms with Crippen molar-refractivity contribution in [1.82, 2.24) is 9.97 Å². The summed E-state index contributed by atoms with van der Waals surface area (Å²) in [4.78, 5) is 11.7. The van der Waals surface area contributed by atoms with Gasteiger partial charge in [0.1, 0.15) is 10.6 Å². The number of hydrogen-bond donors (Lipinski definition) is 2. The molecule has 0 atom stereocenters. The fraction of sp³-hybridized carbons (Fsp3) is 0.625. The Hall–Kier alpha value is -1.36. The molecule has 2 aromatic rings. The minimum atomic E-state index is 0.112. The summed E-state index contributed by atoms with van der Waals surface area (Å²) >= 11 is 1.76. The van der Waals surface area contributed by atoms with Crippen LogP contribution in [-0.4, -0.2) is 22.6 Å². The van der Waals surface area contributed by atoms with Gasteiger partial charge in [0.15, 0.2) is 0 Å². The van der Waals surface area contributed by atoms with E-state index in [-0.39, 0.29) is 5.54 Å². The zero-order valence-corrected chi connectivity index (χ0v) is 14.5. The highest BCUT2D eigenvalue weighted by molar-refractivity contribution is 7.18. The normalized spacial score (nSPS) is 11.9. The van der Waals surface area contributed by atoms with Gasteiger partial charge in [-0.1, -0.05) is 27.7 Å². The maximum absolute atomic E-state index is 4.67. The summed E-state index contributed by atoms with van der Waals surface area (Å²) in [5.41, 5.74) is 0.112. The molecular formula is C16H26N4S. The van der Waals surface area contributed by atoms with Gasteiger partial charge < -0.3 is 10.6 Å². The summed E-state index contributed by atoms with van der Waals surface area (Å²) in [7, 11) is 1.87. The number of aryl methyl sites for hydroxylation is 1. The molecule has 0 saturated heterocycles. The Bertz CT molecular complexity index is 593. The first-order chi connectivity index (χ1) is 10.1. The molecule has 2 rings (SSSR count). The Labute approximate surface area is 131 Å². The van der Waals surface area contributed by atoms with Crippen LogP contribution in [0.2, 0.25) is 0 Å². The van der Waals surface area contributed by atoms with E-state index in [2.05, 4.69) is 54.4 Å². The van der Waals surface area contributed by atoms with Gasteiger partial charge in [-0.3, -0.25) is 0 Å². The molecule has 0 fully saturated rings. The lowest BCUT2D eigenvalue weighted by Crippen LogP contribution is -2.36. The predicted molar refractivity (Wildman–Crippen MR) is 93.6 cm³/mol. The summed E-state index contributed by atoms with van der Waals surface area (Å²) < 4.78 is 0. The quantitative estimate of drug-likeness (QED) is 0.780. The Morgan fingerprint density at radius 2 is 1.76 bits per heavy atom. The smallest absolute Gasteiger partial charge is 0.225 e. The van der Waals surface area contributed by atoms with Gasteiger partial charge in [-0.2, -0.15) is 4.98 Å². The summed E-state index contributed by atoms with van der Waals surface area (Å²) in [6, 6.07) is 2.23. The first kappa shape index (κ1) is 16.0. The molecule has 0 aliphatic carbocycles. The molecule has 0 amide bonds. The third-order valence-electron chi connectivity index (χ3n) is 4.43. The molecule has 2 N–H and O–H groups in total.